The lowest BCUT2D eigenvalue weighted by molar-refractivity contribution is 0.0588. The number of carbonyl (C=O) groups excluding carboxylic acids is 2. The highest BCUT2D eigenvalue weighted by molar-refractivity contribution is 5.93. The van der Waals surface area contributed by atoms with Crippen LogP contribution in [0.4, 0.5) is 0 Å². The molecule has 6 heteroatoms. The number of hydrogen-bond acceptors (Lipinski definition) is 6. The van der Waals surface area contributed by atoms with Gasteiger partial charge in [0.2, 0.25) is 0 Å². The lowest BCUT2D eigenvalue weighted by Crippen LogP contribution is -2.04. The van der Waals surface area contributed by atoms with Crippen molar-refractivity contribution in [2.75, 3.05) is 28.4 Å². The Kier molecular flexibility index (Phi) is 9.57. The van der Waals surface area contributed by atoms with Crippen LogP contribution in [-0.2, 0) is 22.3 Å². The Morgan fingerprint density at radius 3 is 1.68 bits per heavy atom. The summed E-state index contributed by atoms with van der Waals surface area (Å²) in [5, 5.41) is 0. The van der Waals surface area contributed by atoms with Crippen LogP contribution in [-0.4, -0.2) is 40.4 Å². The number of carbonyl (C=O) groups is 2. The zero-order valence-corrected chi connectivity index (χ0v) is 17.3. The molecule has 0 aliphatic heterocycles. The van der Waals surface area contributed by atoms with Gasteiger partial charge in [-0.1, -0.05) is 26.0 Å². The Morgan fingerprint density at radius 1 is 0.679 bits per heavy atom. The molecule has 6 nitrogen and oxygen atoms in total. The smallest absolute Gasteiger partial charge is 0.341 e. The van der Waals surface area contributed by atoms with Crippen LogP contribution in [0, 0.1) is 0 Å². The normalized spacial score (nSPS) is 9.64. The quantitative estimate of drug-likeness (QED) is 0.694. The Labute approximate surface area is 166 Å². The summed E-state index contributed by atoms with van der Waals surface area (Å²) in [7, 11) is 5.80. The first-order chi connectivity index (χ1) is 13.4. The molecular formula is C22H28O6. The fourth-order valence-electron chi connectivity index (χ4n) is 2.48. The number of esters is 2. The van der Waals surface area contributed by atoms with Crippen LogP contribution >= 0.6 is 0 Å². The topological polar surface area (TPSA) is 71.1 Å². The van der Waals surface area contributed by atoms with Crippen molar-refractivity contribution in [3.8, 4) is 11.5 Å². The van der Waals surface area contributed by atoms with Gasteiger partial charge in [0.1, 0.15) is 22.6 Å². The van der Waals surface area contributed by atoms with Gasteiger partial charge in [0, 0.05) is 0 Å². The maximum atomic E-state index is 11.4. The summed E-state index contributed by atoms with van der Waals surface area (Å²) < 4.78 is 19.5. The van der Waals surface area contributed by atoms with Crippen LogP contribution in [0.1, 0.15) is 45.7 Å². The van der Waals surface area contributed by atoms with E-state index < -0.39 is 0 Å². The van der Waals surface area contributed by atoms with E-state index in [0.29, 0.717) is 22.6 Å². The molecule has 0 heterocycles. The highest BCUT2D eigenvalue weighted by atomic mass is 16.5. The molecule has 28 heavy (non-hydrogen) atoms. The minimum atomic E-state index is -0.371. The molecule has 0 aliphatic carbocycles. The van der Waals surface area contributed by atoms with Gasteiger partial charge < -0.3 is 18.9 Å². The standard InChI is InChI=1S/2C11H14O3/c1-4-8-5-6-10(13-2)9(7-8)11(12)14-3;1-4-8-5-6-9(11(12)14-3)10(7-8)13-2/h2*5-7H,4H2,1-3H3. The summed E-state index contributed by atoms with van der Waals surface area (Å²) in [5.74, 6) is 0.381. The number of methoxy groups -OCH3 is 4. The third kappa shape index (κ3) is 6.01. The first kappa shape index (κ1) is 23.0. The maximum Gasteiger partial charge on any atom is 0.341 e. The predicted molar refractivity (Wildman–Crippen MR) is 107 cm³/mol. The molecule has 0 N–H and O–H groups in total. The molecule has 0 unspecified atom stereocenters. The molecule has 0 amide bonds. The highest BCUT2D eigenvalue weighted by Gasteiger charge is 2.13. The number of ether oxygens (including phenoxy) is 4. The molecule has 2 aromatic carbocycles. The zero-order valence-electron chi connectivity index (χ0n) is 17.3. The second kappa shape index (κ2) is 11.6. The first-order valence-electron chi connectivity index (χ1n) is 8.96. The Bertz CT molecular complexity index is 798. The van der Waals surface area contributed by atoms with E-state index in [-0.39, 0.29) is 11.9 Å². The van der Waals surface area contributed by atoms with Crippen LogP contribution in [0.25, 0.3) is 0 Å². The van der Waals surface area contributed by atoms with Gasteiger partial charge in [-0.25, -0.2) is 9.59 Å². The minimum Gasteiger partial charge on any atom is -0.496 e. The van der Waals surface area contributed by atoms with E-state index >= 15 is 0 Å². The molecule has 0 saturated heterocycles. The van der Waals surface area contributed by atoms with E-state index in [1.807, 2.05) is 32.0 Å². The summed E-state index contributed by atoms with van der Waals surface area (Å²) in [5.41, 5.74) is 3.17. The van der Waals surface area contributed by atoms with Crippen molar-refractivity contribution in [1.29, 1.82) is 0 Å². The molecule has 0 fully saturated rings. The largest absolute Gasteiger partial charge is 0.496 e. The van der Waals surface area contributed by atoms with Gasteiger partial charge in [-0.2, -0.15) is 0 Å². The number of benzene rings is 2. The SMILES string of the molecule is CCc1ccc(C(=O)OC)c(OC)c1.CCc1ccc(OC)c(C(=O)OC)c1. The average Bonchev–Trinajstić information content (AvgIpc) is 2.77. The molecule has 152 valence electrons. The molecule has 2 rings (SSSR count). The van der Waals surface area contributed by atoms with E-state index in [2.05, 4.69) is 9.47 Å². The van der Waals surface area contributed by atoms with E-state index in [1.165, 1.54) is 21.3 Å². The van der Waals surface area contributed by atoms with Gasteiger partial charge >= 0.3 is 11.9 Å². The molecule has 0 aromatic heterocycles. The molecule has 0 spiro atoms. The van der Waals surface area contributed by atoms with E-state index in [4.69, 9.17) is 9.47 Å². The van der Waals surface area contributed by atoms with Gasteiger partial charge in [-0.15, -0.1) is 0 Å². The van der Waals surface area contributed by atoms with E-state index in [0.717, 1.165) is 24.0 Å². The number of hydrogen-bond donors (Lipinski definition) is 0. The van der Waals surface area contributed by atoms with Crippen LogP contribution in [0.3, 0.4) is 0 Å². The molecular weight excluding hydrogens is 360 g/mol. The lowest BCUT2D eigenvalue weighted by atomic mass is 10.1. The lowest BCUT2D eigenvalue weighted by Gasteiger charge is -2.07. The summed E-state index contributed by atoms with van der Waals surface area (Å²) >= 11 is 0. The summed E-state index contributed by atoms with van der Waals surface area (Å²) in [6.07, 6.45) is 1.80. The molecule has 0 saturated carbocycles. The van der Waals surface area contributed by atoms with Crippen molar-refractivity contribution in [3.05, 3.63) is 58.7 Å². The second-order valence-electron chi connectivity index (χ2n) is 5.76. The van der Waals surface area contributed by atoms with Crippen LogP contribution in [0.2, 0.25) is 0 Å². The first-order valence-corrected chi connectivity index (χ1v) is 8.96. The minimum absolute atomic E-state index is 0.364. The average molecular weight is 388 g/mol. The van der Waals surface area contributed by atoms with Gasteiger partial charge in [0.15, 0.2) is 0 Å². The molecule has 2 aromatic rings. The summed E-state index contributed by atoms with van der Waals surface area (Å²) in [6, 6.07) is 11.0. The zero-order chi connectivity index (χ0) is 21.1. The number of aryl methyl sites for hydroxylation is 2. The Hall–Kier alpha value is -3.02. The Morgan fingerprint density at radius 2 is 1.18 bits per heavy atom. The van der Waals surface area contributed by atoms with Crippen molar-refractivity contribution >= 4 is 11.9 Å². The van der Waals surface area contributed by atoms with Crippen molar-refractivity contribution in [2.24, 2.45) is 0 Å². The van der Waals surface area contributed by atoms with Gasteiger partial charge in [-0.3, -0.25) is 0 Å². The third-order valence-electron chi connectivity index (χ3n) is 4.16. The van der Waals surface area contributed by atoms with Gasteiger partial charge in [-0.05, 0) is 48.2 Å². The van der Waals surface area contributed by atoms with Crippen LogP contribution < -0.4 is 9.47 Å². The van der Waals surface area contributed by atoms with Crippen molar-refractivity contribution in [3.63, 3.8) is 0 Å². The maximum absolute atomic E-state index is 11.4. The van der Waals surface area contributed by atoms with Crippen molar-refractivity contribution in [2.45, 2.75) is 26.7 Å². The van der Waals surface area contributed by atoms with E-state index in [9.17, 15) is 9.59 Å². The van der Waals surface area contributed by atoms with Crippen LogP contribution in [0.5, 0.6) is 11.5 Å². The number of rotatable bonds is 6. The molecule has 0 radical (unpaired) electrons. The van der Waals surface area contributed by atoms with Gasteiger partial charge in [0.25, 0.3) is 0 Å². The fraction of sp³-hybridized carbons (Fsp3) is 0.364. The predicted octanol–water partition coefficient (Wildman–Crippen LogP) is 4.09. The van der Waals surface area contributed by atoms with E-state index in [1.54, 1.807) is 25.3 Å². The molecule has 0 atom stereocenters. The molecule has 0 aliphatic rings. The second-order valence-corrected chi connectivity index (χ2v) is 5.76. The third-order valence-corrected chi connectivity index (χ3v) is 4.16. The van der Waals surface area contributed by atoms with Gasteiger partial charge in [0.05, 0.1) is 28.4 Å². The van der Waals surface area contributed by atoms with Crippen molar-refractivity contribution in [1.82, 2.24) is 0 Å². The Balaban J connectivity index is 0.000000280. The highest BCUT2D eigenvalue weighted by Crippen LogP contribution is 2.22. The summed E-state index contributed by atoms with van der Waals surface area (Å²) in [6.45, 7) is 4.08. The summed E-state index contributed by atoms with van der Waals surface area (Å²) in [4.78, 5) is 22.6. The van der Waals surface area contributed by atoms with Crippen LogP contribution in [0.15, 0.2) is 36.4 Å². The van der Waals surface area contributed by atoms with Crippen molar-refractivity contribution < 1.29 is 28.5 Å². The molecule has 0 bridgehead atoms. The fourth-order valence-corrected chi connectivity index (χ4v) is 2.48. The monoisotopic (exact) mass is 388 g/mol.